The summed E-state index contributed by atoms with van der Waals surface area (Å²) >= 11 is 1.66. The number of urea groups is 1. The smallest absolute Gasteiger partial charge is 0.332 e. The SMILES string of the molecule is CC(=NNC(N)=O)c1cc(C)ccc1Sc1ccccc1. The lowest BCUT2D eigenvalue weighted by atomic mass is 10.1. The Morgan fingerprint density at radius 2 is 1.90 bits per heavy atom. The first kappa shape index (κ1) is 15.1. The molecule has 2 amide bonds. The van der Waals surface area contributed by atoms with Crippen molar-refractivity contribution in [1.82, 2.24) is 5.43 Å². The van der Waals surface area contributed by atoms with Gasteiger partial charge < -0.3 is 5.73 Å². The molecule has 0 aliphatic carbocycles. The molecule has 2 rings (SSSR count). The van der Waals surface area contributed by atoms with Gasteiger partial charge in [0.1, 0.15) is 0 Å². The van der Waals surface area contributed by atoms with Gasteiger partial charge in [0.25, 0.3) is 0 Å². The topological polar surface area (TPSA) is 67.5 Å². The zero-order valence-electron chi connectivity index (χ0n) is 12.0. The van der Waals surface area contributed by atoms with Crippen LogP contribution in [0.15, 0.2) is 63.4 Å². The maximum atomic E-state index is 10.8. The summed E-state index contributed by atoms with van der Waals surface area (Å²) in [6.07, 6.45) is 0. The number of hydrogen-bond donors (Lipinski definition) is 2. The van der Waals surface area contributed by atoms with Crippen molar-refractivity contribution in [2.75, 3.05) is 0 Å². The van der Waals surface area contributed by atoms with Gasteiger partial charge in [0.2, 0.25) is 0 Å². The summed E-state index contributed by atoms with van der Waals surface area (Å²) in [4.78, 5) is 13.0. The van der Waals surface area contributed by atoms with Gasteiger partial charge in [-0.25, -0.2) is 10.2 Å². The van der Waals surface area contributed by atoms with E-state index in [0.29, 0.717) is 0 Å². The molecule has 4 nitrogen and oxygen atoms in total. The van der Waals surface area contributed by atoms with Gasteiger partial charge in [-0.05, 0) is 38.1 Å². The highest BCUT2D eigenvalue weighted by Crippen LogP contribution is 2.31. The highest BCUT2D eigenvalue weighted by atomic mass is 32.2. The molecule has 0 saturated heterocycles. The Morgan fingerprint density at radius 3 is 2.57 bits per heavy atom. The average Bonchev–Trinajstić information content (AvgIpc) is 2.47. The van der Waals surface area contributed by atoms with Crippen LogP contribution in [-0.4, -0.2) is 11.7 Å². The lowest BCUT2D eigenvalue weighted by Crippen LogP contribution is -2.25. The Balaban J connectivity index is 2.33. The number of nitrogens with one attached hydrogen (secondary N) is 1. The standard InChI is InChI=1S/C16H17N3OS/c1-11-8-9-15(21-13-6-4-3-5-7-13)14(10-11)12(2)18-19-16(17)20/h3-10H,1-2H3,(H3,17,19,20). The first-order chi connectivity index (χ1) is 10.1. The highest BCUT2D eigenvalue weighted by Gasteiger charge is 2.08. The molecular weight excluding hydrogens is 282 g/mol. The fraction of sp³-hybridized carbons (Fsp3) is 0.125. The van der Waals surface area contributed by atoms with Crippen LogP contribution >= 0.6 is 11.8 Å². The number of rotatable bonds is 4. The van der Waals surface area contributed by atoms with Gasteiger partial charge in [0.05, 0.1) is 5.71 Å². The third kappa shape index (κ3) is 4.36. The van der Waals surface area contributed by atoms with Crippen molar-refractivity contribution in [3.8, 4) is 0 Å². The van der Waals surface area contributed by atoms with Crippen LogP contribution in [0.5, 0.6) is 0 Å². The number of hydrazone groups is 1. The third-order valence-electron chi connectivity index (χ3n) is 2.83. The molecule has 21 heavy (non-hydrogen) atoms. The van der Waals surface area contributed by atoms with Crippen molar-refractivity contribution < 1.29 is 4.79 Å². The fourth-order valence-electron chi connectivity index (χ4n) is 1.83. The first-order valence-corrected chi connectivity index (χ1v) is 7.31. The summed E-state index contributed by atoms with van der Waals surface area (Å²) in [6, 6.07) is 15.6. The van der Waals surface area contributed by atoms with E-state index in [9.17, 15) is 4.79 Å². The Morgan fingerprint density at radius 1 is 1.19 bits per heavy atom. The molecule has 0 unspecified atom stereocenters. The largest absolute Gasteiger partial charge is 0.350 e. The quantitative estimate of drug-likeness (QED) is 0.670. The lowest BCUT2D eigenvalue weighted by molar-refractivity contribution is 0.249. The molecule has 5 heteroatoms. The van der Waals surface area contributed by atoms with E-state index >= 15 is 0 Å². The maximum Gasteiger partial charge on any atom is 0.332 e. The molecule has 0 heterocycles. The number of primary amides is 1. The van der Waals surface area contributed by atoms with E-state index in [1.54, 1.807) is 11.8 Å². The summed E-state index contributed by atoms with van der Waals surface area (Å²) in [7, 11) is 0. The number of carbonyl (C=O) groups is 1. The van der Waals surface area contributed by atoms with E-state index in [0.717, 1.165) is 26.6 Å². The van der Waals surface area contributed by atoms with E-state index in [1.807, 2.05) is 38.1 Å². The molecule has 0 saturated carbocycles. The van der Waals surface area contributed by atoms with Crippen LogP contribution in [0.25, 0.3) is 0 Å². The molecule has 2 aromatic rings. The van der Waals surface area contributed by atoms with Gasteiger partial charge >= 0.3 is 6.03 Å². The molecule has 0 radical (unpaired) electrons. The first-order valence-electron chi connectivity index (χ1n) is 6.50. The van der Waals surface area contributed by atoms with Gasteiger partial charge in [0.15, 0.2) is 0 Å². The Kier molecular flexibility index (Phi) is 5.00. The number of nitrogens with zero attached hydrogens (tertiary/aromatic N) is 1. The molecule has 0 bridgehead atoms. The summed E-state index contributed by atoms with van der Waals surface area (Å²) in [6.45, 7) is 3.87. The minimum atomic E-state index is -0.667. The second kappa shape index (κ2) is 6.95. The molecule has 108 valence electrons. The molecule has 3 N–H and O–H groups in total. The van der Waals surface area contributed by atoms with Crippen molar-refractivity contribution in [2.24, 2.45) is 10.8 Å². The van der Waals surface area contributed by atoms with Crippen LogP contribution in [0.4, 0.5) is 4.79 Å². The summed E-state index contributed by atoms with van der Waals surface area (Å²) in [5.41, 5.74) is 10.2. The number of amides is 2. The van der Waals surface area contributed by atoms with Crippen LogP contribution < -0.4 is 11.2 Å². The summed E-state index contributed by atoms with van der Waals surface area (Å²) in [5.74, 6) is 0. The van der Waals surface area contributed by atoms with Crippen LogP contribution in [0, 0.1) is 6.92 Å². The van der Waals surface area contributed by atoms with E-state index < -0.39 is 6.03 Å². The van der Waals surface area contributed by atoms with E-state index in [1.165, 1.54) is 0 Å². The van der Waals surface area contributed by atoms with Crippen molar-refractivity contribution in [3.05, 3.63) is 59.7 Å². The molecule has 0 fully saturated rings. The van der Waals surface area contributed by atoms with Crippen molar-refractivity contribution in [2.45, 2.75) is 23.6 Å². The van der Waals surface area contributed by atoms with Crippen molar-refractivity contribution >= 4 is 23.5 Å². The summed E-state index contributed by atoms with van der Waals surface area (Å²) in [5, 5.41) is 4.02. The normalized spacial score (nSPS) is 11.2. The van der Waals surface area contributed by atoms with Crippen LogP contribution in [-0.2, 0) is 0 Å². The predicted octanol–water partition coefficient (Wildman–Crippen LogP) is 3.54. The zero-order valence-corrected chi connectivity index (χ0v) is 12.8. The molecule has 0 aliphatic rings. The Labute approximate surface area is 128 Å². The maximum absolute atomic E-state index is 10.8. The van der Waals surface area contributed by atoms with Gasteiger partial charge in [-0.2, -0.15) is 5.10 Å². The molecule has 0 aromatic heterocycles. The Bertz CT molecular complexity index is 668. The predicted molar refractivity (Wildman–Crippen MR) is 86.7 cm³/mol. The molecule has 0 atom stereocenters. The number of carbonyl (C=O) groups excluding carboxylic acids is 1. The van der Waals surface area contributed by atoms with Gasteiger partial charge in [-0.15, -0.1) is 0 Å². The van der Waals surface area contributed by atoms with E-state index in [4.69, 9.17) is 5.73 Å². The van der Waals surface area contributed by atoms with Gasteiger partial charge in [0, 0.05) is 15.4 Å². The van der Waals surface area contributed by atoms with Crippen molar-refractivity contribution in [3.63, 3.8) is 0 Å². The zero-order chi connectivity index (χ0) is 15.2. The third-order valence-corrected chi connectivity index (χ3v) is 3.91. The number of nitrogens with two attached hydrogens (primary N) is 1. The summed E-state index contributed by atoms with van der Waals surface area (Å²) < 4.78 is 0. The number of hydrogen-bond acceptors (Lipinski definition) is 3. The fourth-order valence-corrected chi connectivity index (χ4v) is 2.83. The minimum Gasteiger partial charge on any atom is -0.350 e. The van der Waals surface area contributed by atoms with Crippen molar-refractivity contribution in [1.29, 1.82) is 0 Å². The molecular formula is C16H17N3OS. The van der Waals surface area contributed by atoms with Gasteiger partial charge in [-0.3, -0.25) is 0 Å². The second-order valence-corrected chi connectivity index (χ2v) is 5.70. The Hall–Kier alpha value is -2.27. The number of aryl methyl sites for hydroxylation is 1. The molecule has 0 aliphatic heterocycles. The second-order valence-electron chi connectivity index (χ2n) is 4.59. The monoisotopic (exact) mass is 299 g/mol. The van der Waals surface area contributed by atoms with E-state index in [-0.39, 0.29) is 0 Å². The molecule has 0 spiro atoms. The van der Waals surface area contributed by atoms with Gasteiger partial charge in [-0.1, -0.05) is 41.6 Å². The van der Waals surface area contributed by atoms with Crippen LogP contribution in [0.2, 0.25) is 0 Å². The minimum absolute atomic E-state index is 0.667. The number of benzene rings is 2. The molecule has 2 aromatic carbocycles. The van der Waals surface area contributed by atoms with Crippen LogP contribution in [0.1, 0.15) is 18.1 Å². The van der Waals surface area contributed by atoms with Crippen LogP contribution in [0.3, 0.4) is 0 Å². The highest BCUT2D eigenvalue weighted by molar-refractivity contribution is 7.99. The average molecular weight is 299 g/mol. The lowest BCUT2D eigenvalue weighted by Gasteiger charge is -2.10. The van der Waals surface area contributed by atoms with E-state index in [2.05, 4.69) is 34.8 Å².